The van der Waals surface area contributed by atoms with Crippen molar-refractivity contribution in [3.8, 4) is 5.75 Å². The third-order valence-corrected chi connectivity index (χ3v) is 6.07. The highest BCUT2D eigenvalue weighted by Gasteiger charge is 2.17. The number of aliphatic imine (C=N–C) groups is 2. The zero-order chi connectivity index (χ0) is 24.8. The van der Waals surface area contributed by atoms with Gasteiger partial charge in [0, 0.05) is 60.5 Å². The maximum atomic E-state index is 6.10. The Morgan fingerprint density at radius 2 is 2.03 bits per heavy atom. The zero-order valence-corrected chi connectivity index (χ0v) is 20.9. The lowest BCUT2D eigenvalue weighted by atomic mass is 10.1. The predicted octanol–water partition coefficient (Wildman–Crippen LogP) is 4.18. The number of fused-ring (bicyclic) bond motifs is 1. The molecule has 3 N–H and O–H groups in total. The van der Waals surface area contributed by atoms with Crippen LogP contribution < -0.4 is 10.1 Å². The van der Waals surface area contributed by atoms with Crippen molar-refractivity contribution in [1.82, 2.24) is 25.0 Å². The van der Waals surface area contributed by atoms with Crippen molar-refractivity contribution in [2.75, 3.05) is 45.3 Å². The van der Waals surface area contributed by atoms with Crippen LogP contribution in [0.25, 0.3) is 17.0 Å². The number of allylic oxidation sites excluding steroid dienone is 1. The van der Waals surface area contributed by atoms with Gasteiger partial charge in [0.2, 0.25) is 0 Å². The molecule has 1 aliphatic heterocycles. The van der Waals surface area contributed by atoms with E-state index in [9.17, 15) is 0 Å². The van der Waals surface area contributed by atoms with E-state index in [-0.39, 0.29) is 6.73 Å². The molecule has 2 aromatic heterocycles. The van der Waals surface area contributed by atoms with Gasteiger partial charge in [0.15, 0.2) is 12.5 Å². The summed E-state index contributed by atoms with van der Waals surface area (Å²) in [4.78, 5) is 16.9. The lowest BCUT2D eigenvalue weighted by Gasteiger charge is -2.33. The monoisotopic (exact) mass is 474 g/mol. The number of ether oxygens (including phenoxy) is 1. The summed E-state index contributed by atoms with van der Waals surface area (Å²) in [5, 5.41) is 11.6. The summed E-state index contributed by atoms with van der Waals surface area (Å²) in [5.74, 6) is 2.86. The number of likely N-dealkylation sites (N-methyl/N-ethyl adjacent to an activating group) is 1. The standard InChI is InChI=1S/C26H34N8O/c1-6-7-20-15-25(32-31-20)30-24(27-4)16-26(34-12-10-33(5)11-13-34)28-17-35-23-9-8-22-21(19(23)3)14-18(2)29-22/h6-9,14-16,29H,4,10-13,17H2,1-3,5H3,(H2,30,31,32)/b7-6+,24-16+,28-26+. The summed E-state index contributed by atoms with van der Waals surface area (Å²) >= 11 is 0. The van der Waals surface area contributed by atoms with Crippen LogP contribution in [0.2, 0.25) is 0 Å². The Kier molecular flexibility index (Phi) is 7.67. The Balaban J connectivity index is 1.54. The quantitative estimate of drug-likeness (QED) is 0.336. The van der Waals surface area contributed by atoms with Crippen molar-refractivity contribution in [3.63, 3.8) is 0 Å². The SMILES string of the molecule is C=N/C(=C\C(=N/COc1ccc2[nH]c(C)cc2c1C)N1CCN(C)CC1)Nc1cc(/C=C/C)[nH]n1. The van der Waals surface area contributed by atoms with Gasteiger partial charge in [-0.1, -0.05) is 6.08 Å². The summed E-state index contributed by atoms with van der Waals surface area (Å²) in [7, 11) is 2.13. The summed E-state index contributed by atoms with van der Waals surface area (Å²) in [6.07, 6.45) is 5.80. The van der Waals surface area contributed by atoms with Crippen LogP contribution in [0.3, 0.4) is 0 Å². The van der Waals surface area contributed by atoms with Crippen LogP contribution in [-0.4, -0.2) is 77.5 Å². The number of aromatic amines is 2. The first-order chi connectivity index (χ1) is 17.0. The number of aryl methyl sites for hydroxylation is 2. The molecule has 4 rings (SSSR count). The molecule has 0 amide bonds. The molecule has 1 saturated heterocycles. The van der Waals surface area contributed by atoms with Gasteiger partial charge in [-0.2, -0.15) is 5.10 Å². The van der Waals surface area contributed by atoms with Crippen LogP contribution in [0.15, 0.2) is 52.2 Å². The van der Waals surface area contributed by atoms with Crippen LogP contribution in [0.1, 0.15) is 23.9 Å². The summed E-state index contributed by atoms with van der Waals surface area (Å²) in [6.45, 7) is 13.7. The van der Waals surface area contributed by atoms with E-state index in [4.69, 9.17) is 9.73 Å². The second kappa shape index (κ2) is 11.1. The first kappa shape index (κ1) is 24.3. The molecule has 1 aliphatic rings. The molecule has 0 aliphatic carbocycles. The van der Waals surface area contributed by atoms with Gasteiger partial charge < -0.3 is 24.8 Å². The van der Waals surface area contributed by atoms with Gasteiger partial charge in [-0.15, -0.1) is 0 Å². The maximum absolute atomic E-state index is 6.10. The molecule has 0 radical (unpaired) electrons. The molecule has 3 heterocycles. The topological polar surface area (TPSA) is 96.9 Å². The number of anilines is 1. The molecule has 1 fully saturated rings. The second-order valence-electron chi connectivity index (χ2n) is 8.70. The molecule has 0 saturated carbocycles. The largest absolute Gasteiger partial charge is 0.471 e. The second-order valence-corrected chi connectivity index (χ2v) is 8.70. The molecule has 0 unspecified atom stereocenters. The summed E-state index contributed by atoms with van der Waals surface area (Å²) in [6, 6.07) is 8.10. The van der Waals surface area contributed by atoms with Gasteiger partial charge in [0.1, 0.15) is 17.4 Å². The molecule has 0 bridgehead atoms. The predicted molar refractivity (Wildman–Crippen MR) is 144 cm³/mol. The lowest BCUT2D eigenvalue weighted by Crippen LogP contribution is -2.47. The Morgan fingerprint density at radius 3 is 2.77 bits per heavy atom. The minimum absolute atomic E-state index is 0.201. The minimum Gasteiger partial charge on any atom is -0.471 e. The van der Waals surface area contributed by atoms with Crippen LogP contribution in [0, 0.1) is 13.8 Å². The van der Waals surface area contributed by atoms with E-state index in [0.29, 0.717) is 11.6 Å². The molecule has 0 spiro atoms. The van der Waals surface area contributed by atoms with Crippen LogP contribution in [-0.2, 0) is 0 Å². The van der Waals surface area contributed by atoms with Gasteiger partial charge >= 0.3 is 0 Å². The molecule has 0 atom stereocenters. The average molecular weight is 475 g/mol. The number of benzene rings is 1. The van der Waals surface area contributed by atoms with E-state index in [1.54, 1.807) is 0 Å². The van der Waals surface area contributed by atoms with E-state index in [0.717, 1.165) is 60.2 Å². The number of hydrogen-bond acceptors (Lipinski definition) is 6. The number of rotatable bonds is 8. The number of amidine groups is 1. The summed E-state index contributed by atoms with van der Waals surface area (Å²) in [5.41, 5.74) is 4.25. The number of nitrogens with zero attached hydrogens (tertiary/aromatic N) is 5. The molecule has 35 heavy (non-hydrogen) atoms. The maximum Gasteiger partial charge on any atom is 0.181 e. The molecule has 9 heteroatoms. The van der Waals surface area contributed by atoms with Crippen molar-refractivity contribution in [1.29, 1.82) is 0 Å². The van der Waals surface area contributed by atoms with Crippen LogP contribution >= 0.6 is 0 Å². The molecular formula is C26H34N8O. The lowest BCUT2D eigenvalue weighted by molar-refractivity contribution is 0.214. The van der Waals surface area contributed by atoms with Gasteiger partial charge in [0.25, 0.3) is 0 Å². The van der Waals surface area contributed by atoms with Crippen molar-refractivity contribution < 1.29 is 4.74 Å². The third kappa shape index (κ3) is 5.99. The smallest absolute Gasteiger partial charge is 0.181 e. The highest BCUT2D eigenvalue weighted by molar-refractivity contribution is 5.94. The zero-order valence-electron chi connectivity index (χ0n) is 20.9. The third-order valence-electron chi connectivity index (χ3n) is 6.07. The fraction of sp³-hybridized carbons (Fsp3) is 0.346. The van der Waals surface area contributed by atoms with Crippen LogP contribution in [0.4, 0.5) is 5.82 Å². The van der Waals surface area contributed by atoms with E-state index < -0.39 is 0 Å². The Labute approximate surface area is 206 Å². The number of piperazine rings is 1. The fourth-order valence-corrected chi connectivity index (χ4v) is 4.11. The average Bonchev–Trinajstić information content (AvgIpc) is 3.46. The molecule has 9 nitrogen and oxygen atoms in total. The Bertz CT molecular complexity index is 1260. The van der Waals surface area contributed by atoms with E-state index >= 15 is 0 Å². The Morgan fingerprint density at radius 1 is 1.23 bits per heavy atom. The van der Waals surface area contributed by atoms with Gasteiger partial charge in [-0.05, 0) is 58.8 Å². The highest BCUT2D eigenvalue weighted by Crippen LogP contribution is 2.27. The van der Waals surface area contributed by atoms with Crippen molar-refractivity contribution in [2.24, 2.45) is 9.98 Å². The van der Waals surface area contributed by atoms with Crippen molar-refractivity contribution in [3.05, 3.63) is 59.2 Å². The number of nitrogens with one attached hydrogen (secondary N) is 3. The van der Waals surface area contributed by atoms with E-state index in [2.05, 4.69) is 69.0 Å². The van der Waals surface area contributed by atoms with Gasteiger partial charge in [-0.25, -0.2) is 9.98 Å². The normalized spacial score (nSPS) is 15.8. The number of H-pyrrole nitrogens is 2. The van der Waals surface area contributed by atoms with Gasteiger partial charge in [-0.3, -0.25) is 5.10 Å². The molecule has 3 aromatic rings. The fourth-order valence-electron chi connectivity index (χ4n) is 4.11. The molecule has 184 valence electrons. The first-order valence-corrected chi connectivity index (χ1v) is 11.8. The molecule has 1 aromatic carbocycles. The van der Waals surface area contributed by atoms with Crippen LogP contribution in [0.5, 0.6) is 5.75 Å². The first-order valence-electron chi connectivity index (χ1n) is 11.8. The number of hydrogen-bond donors (Lipinski definition) is 3. The van der Waals surface area contributed by atoms with Gasteiger partial charge in [0.05, 0.1) is 5.69 Å². The Hall–Kier alpha value is -3.85. The highest BCUT2D eigenvalue weighted by atomic mass is 16.5. The molecular weight excluding hydrogens is 440 g/mol. The van der Waals surface area contributed by atoms with E-state index in [1.807, 2.05) is 43.4 Å². The van der Waals surface area contributed by atoms with Crippen molar-refractivity contribution >= 4 is 35.3 Å². The van der Waals surface area contributed by atoms with E-state index in [1.165, 1.54) is 5.39 Å². The summed E-state index contributed by atoms with van der Waals surface area (Å²) < 4.78 is 6.10. The van der Waals surface area contributed by atoms with Crippen molar-refractivity contribution in [2.45, 2.75) is 20.8 Å². The number of aromatic nitrogens is 3. The minimum atomic E-state index is 0.201.